The number of halogens is 3. The summed E-state index contributed by atoms with van der Waals surface area (Å²) in [6.45, 7) is 2.52. The number of benzene rings is 3. The van der Waals surface area contributed by atoms with Gasteiger partial charge in [0.05, 0.1) is 12.1 Å². The van der Waals surface area contributed by atoms with Gasteiger partial charge in [0.25, 0.3) is 0 Å². The Morgan fingerprint density at radius 3 is 2.35 bits per heavy atom. The van der Waals surface area contributed by atoms with E-state index in [1.165, 1.54) is 28.5 Å². The van der Waals surface area contributed by atoms with Gasteiger partial charge in [-0.15, -0.1) is 0 Å². The molecule has 0 saturated heterocycles. The van der Waals surface area contributed by atoms with Crippen LogP contribution in [0, 0.1) is 11.8 Å². The molecule has 0 amide bonds. The Kier molecular flexibility index (Phi) is 5.29. The zero-order valence-electron chi connectivity index (χ0n) is 14.3. The summed E-state index contributed by atoms with van der Waals surface area (Å²) < 4.78 is 37.6. The average Bonchev–Trinajstić information content (AvgIpc) is 2.64. The molecule has 3 aromatic rings. The van der Waals surface area contributed by atoms with Crippen LogP contribution < -0.4 is 5.32 Å². The molecule has 3 aromatic carbocycles. The Hall–Kier alpha value is -2.77. The van der Waals surface area contributed by atoms with E-state index in [1.807, 2.05) is 18.2 Å². The fraction of sp³-hybridized carbons (Fsp3) is 0.182. The molecule has 1 N–H and O–H groups in total. The minimum absolute atomic E-state index is 0.114. The maximum absolute atomic E-state index is 12.5. The average molecular weight is 353 g/mol. The smallest absolute Gasteiger partial charge is 0.300 e. The highest BCUT2D eigenvalue weighted by molar-refractivity contribution is 5.86. The molecule has 0 aliphatic rings. The maximum atomic E-state index is 12.5. The quantitative estimate of drug-likeness (QED) is 0.608. The highest BCUT2D eigenvalue weighted by Crippen LogP contribution is 2.29. The minimum Gasteiger partial charge on any atom is -0.300 e. The predicted molar refractivity (Wildman–Crippen MR) is 98.7 cm³/mol. The van der Waals surface area contributed by atoms with Gasteiger partial charge >= 0.3 is 6.18 Å². The maximum Gasteiger partial charge on any atom is 0.416 e. The molecule has 0 aliphatic carbocycles. The lowest BCUT2D eigenvalue weighted by Crippen LogP contribution is -2.19. The van der Waals surface area contributed by atoms with Gasteiger partial charge in [-0.2, -0.15) is 13.2 Å². The molecule has 3 rings (SSSR count). The lowest BCUT2D eigenvalue weighted by Gasteiger charge is -2.15. The number of rotatable bonds is 3. The van der Waals surface area contributed by atoms with Crippen molar-refractivity contribution in [1.82, 2.24) is 5.32 Å². The van der Waals surface area contributed by atoms with E-state index in [2.05, 4.69) is 48.3 Å². The van der Waals surface area contributed by atoms with Crippen LogP contribution in [0.25, 0.3) is 10.8 Å². The molecule has 1 unspecified atom stereocenters. The molecule has 0 fully saturated rings. The van der Waals surface area contributed by atoms with E-state index in [9.17, 15) is 13.2 Å². The summed E-state index contributed by atoms with van der Waals surface area (Å²) >= 11 is 0. The molecule has 26 heavy (non-hydrogen) atoms. The molecule has 1 nitrogen and oxygen atoms in total. The largest absolute Gasteiger partial charge is 0.416 e. The predicted octanol–water partition coefficient (Wildman–Crippen LogP) is 5.56. The molecule has 0 aliphatic heterocycles. The first kappa shape index (κ1) is 18.0. The van der Waals surface area contributed by atoms with Gasteiger partial charge in [-0.1, -0.05) is 54.3 Å². The third kappa shape index (κ3) is 4.25. The highest BCUT2D eigenvalue weighted by atomic mass is 19.4. The zero-order valence-corrected chi connectivity index (χ0v) is 14.3. The zero-order chi connectivity index (χ0) is 18.6. The molecule has 132 valence electrons. The van der Waals surface area contributed by atoms with Crippen LogP contribution in [0.3, 0.4) is 0 Å². The number of alkyl halides is 3. The van der Waals surface area contributed by atoms with Gasteiger partial charge in [0.2, 0.25) is 0 Å². The van der Waals surface area contributed by atoms with E-state index >= 15 is 0 Å². The molecule has 4 heteroatoms. The van der Waals surface area contributed by atoms with Crippen molar-refractivity contribution in [1.29, 1.82) is 0 Å². The monoisotopic (exact) mass is 353 g/mol. The van der Waals surface area contributed by atoms with Crippen LogP contribution in [-0.2, 0) is 6.18 Å². The Labute approximate surface area is 150 Å². The number of fused-ring (bicyclic) bond motifs is 1. The standard InChI is InChI=1S/C22H18F3N/c1-16(20-10-4-8-18-7-2-3-9-21(18)20)26-15-5-6-17-11-13-19(14-12-17)22(23,24)25/h2-4,7-14,16,26H,15H2,1H3. The Bertz CT molecular complexity index is 942. The molecule has 0 bridgehead atoms. The van der Waals surface area contributed by atoms with Gasteiger partial charge in [-0.3, -0.25) is 5.32 Å². The summed E-state index contributed by atoms with van der Waals surface area (Å²) in [7, 11) is 0. The molecular formula is C22H18F3N. The van der Waals surface area contributed by atoms with Crippen molar-refractivity contribution in [2.24, 2.45) is 0 Å². The van der Waals surface area contributed by atoms with E-state index in [4.69, 9.17) is 0 Å². The van der Waals surface area contributed by atoms with Gasteiger partial charge in [-0.25, -0.2) is 0 Å². The summed E-state index contributed by atoms with van der Waals surface area (Å²) in [5, 5.41) is 5.73. The first-order chi connectivity index (χ1) is 12.4. The van der Waals surface area contributed by atoms with Gasteiger partial charge in [-0.05, 0) is 47.5 Å². The van der Waals surface area contributed by atoms with Crippen LogP contribution in [0.15, 0.2) is 66.7 Å². The van der Waals surface area contributed by atoms with Crippen LogP contribution in [0.1, 0.15) is 29.7 Å². The van der Waals surface area contributed by atoms with Gasteiger partial charge in [0, 0.05) is 11.6 Å². The topological polar surface area (TPSA) is 12.0 Å². The number of hydrogen-bond acceptors (Lipinski definition) is 1. The second kappa shape index (κ2) is 7.63. The molecule has 0 aromatic heterocycles. The molecule has 0 heterocycles. The lowest BCUT2D eigenvalue weighted by atomic mass is 10.00. The highest BCUT2D eigenvalue weighted by Gasteiger charge is 2.29. The molecule has 1 atom stereocenters. The minimum atomic E-state index is -4.32. The molecule has 0 saturated carbocycles. The summed E-state index contributed by atoms with van der Waals surface area (Å²) in [5.41, 5.74) is 1.10. The Morgan fingerprint density at radius 1 is 0.923 bits per heavy atom. The second-order valence-corrected chi connectivity index (χ2v) is 6.05. The SMILES string of the molecule is CC(NCC#Cc1ccc(C(F)(F)F)cc1)c1cccc2ccccc12. The van der Waals surface area contributed by atoms with Crippen molar-refractivity contribution in [2.75, 3.05) is 6.54 Å². The van der Waals surface area contributed by atoms with Gasteiger partial charge in [0.15, 0.2) is 0 Å². The number of nitrogens with one attached hydrogen (secondary N) is 1. The van der Waals surface area contributed by atoms with Crippen molar-refractivity contribution in [3.63, 3.8) is 0 Å². The van der Waals surface area contributed by atoms with E-state index in [0.717, 1.165) is 12.1 Å². The fourth-order valence-corrected chi connectivity index (χ4v) is 2.83. The van der Waals surface area contributed by atoms with Crippen molar-refractivity contribution in [3.05, 3.63) is 83.4 Å². The molecular weight excluding hydrogens is 335 g/mol. The van der Waals surface area contributed by atoms with Crippen molar-refractivity contribution in [2.45, 2.75) is 19.1 Å². The third-order valence-electron chi connectivity index (χ3n) is 4.23. The third-order valence-corrected chi connectivity index (χ3v) is 4.23. The van der Waals surface area contributed by atoms with Crippen molar-refractivity contribution < 1.29 is 13.2 Å². The molecule has 0 spiro atoms. The Morgan fingerprint density at radius 2 is 1.62 bits per heavy atom. The van der Waals surface area contributed by atoms with Crippen LogP contribution in [-0.4, -0.2) is 6.54 Å². The van der Waals surface area contributed by atoms with E-state index in [0.29, 0.717) is 12.1 Å². The normalized spacial score (nSPS) is 12.5. The lowest BCUT2D eigenvalue weighted by molar-refractivity contribution is -0.137. The van der Waals surface area contributed by atoms with Crippen LogP contribution in [0.5, 0.6) is 0 Å². The fourth-order valence-electron chi connectivity index (χ4n) is 2.83. The summed E-state index contributed by atoms with van der Waals surface area (Å²) in [6, 6.07) is 19.4. The summed E-state index contributed by atoms with van der Waals surface area (Å²) in [4.78, 5) is 0. The van der Waals surface area contributed by atoms with Crippen LogP contribution in [0.2, 0.25) is 0 Å². The van der Waals surface area contributed by atoms with E-state index < -0.39 is 11.7 Å². The van der Waals surface area contributed by atoms with Crippen LogP contribution in [0.4, 0.5) is 13.2 Å². The van der Waals surface area contributed by atoms with Gasteiger partial charge in [0.1, 0.15) is 0 Å². The van der Waals surface area contributed by atoms with E-state index in [1.54, 1.807) is 0 Å². The van der Waals surface area contributed by atoms with Gasteiger partial charge < -0.3 is 0 Å². The Balaban J connectivity index is 1.64. The summed E-state index contributed by atoms with van der Waals surface area (Å²) in [6.07, 6.45) is -4.32. The van der Waals surface area contributed by atoms with Crippen molar-refractivity contribution in [3.8, 4) is 11.8 Å². The first-order valence-electron chi connectivity index (χ1n) is 8.32. The van der Waals surface area contributed by atoms with Crippen LogP contribution >= 0.6 is 0 Å². The second-order valence-electron chi connectivity index (χ2n) is 6.05. The molecule has 0 radical (unpaired) electrons. The van der Waals surface area contributed by atoms with E-state index in [-0.39, 0.29) is 6.04 Å². The first-order valence-corrected chi connectivity index (χ1v) is 8.32. The summed E-state index contributed by atoms with van der Waals surface area (Å²) in [5.74, 6) is 5.85. The van der Waals surface area contributed by atoms with Crippen molar-refractivity contribution >= 4 is 10.8 Å². The number of hydrogen-bond donors (Lipinski definition) is 1.